The van der Waals surface area contributed by atoms with E-state index in [4.69, 9.17) is 4.74 Å². The second-order valence-corrected chi connectivity index (χ2v) is 3.96. The van der Waals surface area contributed by atoms with Gasteiger partial charge in [-0.15, -0.1) is 0 Å². The molecule has 1 rings (SSSR count). The van der Waals surface area contributed by atoms with Crippen LogP contribution in [0.5, 0.6) is 0 Å². The number of aldehydes is 1. The molecule has 2 unspecified atom stereocenters. The van der Waals surface area contributed by atoms with Crippen molar-refractivity contribution in [3.05, 3.63) is 0 Å². The summed E-state index contributed by atoms with van der Waals surface area (Å²) in [6, 6.07) is 0. The van der Waals surface area contributed by atoms with Crippen LogP contribution in [0.15, 0.2) is 0 Å². The van der Waals surface area contributed by atoms with Crippen molar-refractivity contribution in [2.45, 2.75) is 45.8 Å². The highest BCUT2D eigenvalue weighted by atomic mass is 16.6. The van der Waals surface area contributed by atoms with Gasteiger partial charge in [-0.1, -0.05) is 13.8 Å². The topological polar surface area (TPSA) is 29.6 Å². The zero-order valence-electron chi connectivity index (χ0n) is 7.46. The number of epoxide rings is 1. The molecule has 0 aromatic carbocycles. The summed E-state index contributed by atoms with van der Waals surface area (Å²) >= 11 is 0. The van der Waals surface area contributed by atoms with Crippen LogP contribution in [0.25, 0.3) is 0 Å². The van der Waals surface area contributed by atoms with Crippen molar-refractivity contribution < 1.29 is 9.53 Å². The fourth-order valence-electron chi connectivity index (χ4n) is 1.58. The van der Waals surface area contributed by atoms with Crippen molar-refractivity contribution in [2.24, 2.45) is 5.41 Å². The van der Waals surface area contributed by atoms with E-state index in [-0.39, 0.29) is 5.41 Å². The fourth-order valence-corrected chi connectivity index (χ4v) is 1.58. The number of carbonyl (C=O) groups is 1. The molecule has 0 aliphatic carbocycles. The summed E-state index contributed by atoms with van der Waals surface area (Å²) in [4.78, 5) is 10.1. The van der Waals surface area contributed by atoms with E-state index in [1.165, 1.54) is 0 Å². The molecule has 11 heavy (non-hydrogen) atoms. The van der Waals surface area contributed by atoms with Crippen LogP contribution < -0.4 is 0 Å². The van der Waals surface area contributed by atoms with Gasteiger partial charge in [0.1, 0.15) is 6.29 Å². The van der Waals surface area contributed by atoms with E-state index < -0.39 is 0 Å². The third kappa shape index (κ3) is 2.03. The molecule has 1 fully saturated rings. The molecule has 1 aliphatic heterocycles. The minimum Gasteiger partial charge on any atom is -0.369 e. The molecular formula is C9H16O2. The predicted molar refractivity (Wildman–Crippen MR) is 43.4 cm³/mol. The second-order valence-electron chi connectivity index (χ2n) is 3.96. The van der Waals surface area contributed by atoms with Gasteiger partial charge in [0.05, 0.1) is 12.2 Å². The molecular weight excluding hydrogens is 140 g/mol. The van der Waals surface area contributed by atoms with Gasteiger partial charge in [0.25, 0.3) is 0 Å². The highest BCUT2D eigenvalue weighted by Gasteiger charge is 2.45. The van der Waals surface area contributed by atoms with Crippen molar-refractivity contribution >= 4 is 6.29 Å². The SMILES string of the molecule is CC1OC1C(C)(C)CCC=O. The summed E-state index contributed by atoms with van der Waals surface area (Å²) in [5.41, 5.74) is 0.181. The summed E-state index contributed by atoms with van der Waals surface area (Å²) in [7, 11) is 0. The van der Waals surface area contributed by atoms with Gasteiger partial charge in [-0.2, -0.15) is 0 Å². The molecule has 1 heterocycles. The smallest absolute Gasteiger partial charge is 0.120 e. The Bertz CT molecular complexity index is 152. The third-order valence-corrected chi connectivity index (χ3v) is 2.39. The molecule has 0 aromatic heterocycles. The second kappa shape index (κ2) is 2.94. The first-order valence-corrected chi connectivity index (χ1v) is 4.17. The molecule has 2 heteroatoms. The maximum absolute atomic E-state index is 10.1. The lowest BCUT2D eigenvalue weighted by atomic mass is 9.83. The Morgan fingerprint density at radius 2 is 2.09 bits per heavy atom. The molecule has 0 bridgehead atoms. The summed E-state index contributed by atoms with van der Waals surface area (Å²) in [6.45, 7) is 6.39. The lowest BCUT2D eigenvalue weighted by molar-refractivity contribution is -0.108. The maximum Gasteiger partial charge on any atom is 0.120 e. The minimum absolute atomic E-state index is 0.181. The molecule has 2 nitrogen and oxygen atoms in total. The molecule has 1 saturated heterocycles. The van der Waals surface area contributed by atoms with Gasteiger partial charge in [0.2, 0.25) is 0 Å². The van der Waals surface area contributed by atoms with E-state index in [0.29, 0.717) is 18.6 Å². The molecule has 0 radical (unpaired) electrons. The number of hydrogen-bond donors (Lipinski definition) is 0. The molecule has 2 atom stereocenters. The van der Waals surface area contributed by atoms with Crippen molar-refractivity contribution in [2.75, 3.05) is 0 Å². The van der Waals surface area contributed by atoms with Crippen LogP contribution in [0.2, 0.25) is 0 Å². The van der Waals surface area contributed by atoms with E-state index in [1.807, 2.05) is 0 Å². The number of ether oxygens (including phenoxy) is 1. The Labute approximate surface area is 67.9 Å². The van der Waals surface area contributed by atoms with Crippen molar-refractivity contribution in [1.82, 2.24) is 0 Å². The Balaban J connectivity index is 2.33. The van der Waals surface area contributed by atoms with Gasteiger partial charge in [-0.3, -0.25) is 0 Å². The molecule has 64 valence electrons. The van der Waals surface area contributed by atoms with E-state index in [1.54, 1.807) is 0 Å². The first-order chi connectivity index (χ1) is 5.08. The highest BCUT2D eigenvalue weighted by molar-refractivity contribution is 5.49. The van der Waals surface area contributed by atoms with Crippen LogP contribution >= 0.6 is 0 Å². The largest absolute Gasteiger partial charge is 0.369 e. The Kier molecular flexibility index (Phi) is 2.33. The molecule has 0 spiro atoms. The molecule has 1 aliphatic rings. The van der Waals surface area contributed by atoms with Crippen LogP contribution in [0.4, 0.5) is 0 Å². The fraction of sp³-hybridized carbons (Fsp3) is 0.889. The zero-order chi connectivity index (χ0) is 8.48. The van der Waals surface area contributed by atoms with Crippen LogP contribution in [-0.4, -0.2) is 18.5 Å². The number of rotatable bonds is 4. The van der Waals surface area contributed by atoms with E-state index in [0.717, 1.165) is 12.7 Å². The lowest BCUT2D eigenvalue weighted by Crippen LogP contribution is -2.20. The van der Waals surface area contributed by atoms with Crippen LogP contribution in [0, 0.1) is 5.41 Å². The van der Waals surface area contributed by atoms with Gasteiger partial charge >= 0.3 is 0 Å². The monoisotopic (exact) mass is 156 g/mol. The maximum atomic E-state index is 10.1. The minimum atomic E-state index is 0.181. The van der Waals surface area contributed by atoms with Gasteiger partial charge in [0, 0.05) is 6.42 Å². The molecule has 0 aromatic rings. The molecule has 0 saturated carbocycles. The summed E-state index contributed by atoms with van der Waals surface area (Å²) in [5, 5.41) is 0. The van der Waals surface area contributed by atoms with Crippen LogP contribution in [0.1, 0.15) is 33.6 Å². The van der Waals surface area contributed by atoms with E-state index in [9.17, 15) is 4.79 Å². The van der Waals surface area contributed by atoms with Crippen LogP contribution in [-0.2, 0) is 9.53 Å². The Morgan fingerprint density at radius 3 is 2.45 bits per heavy atom. The molecule has 0 amide bonds. The van der Waals surface area contributed by atoms with Gasteiger partial charge in [-0.25, -0.2) is 0 Å². The van der Waals surface area contributed by atoms with Crippen molar-refractivity contribution in [1.29, 1.82) is 0 Å². The summed E-state index contributed by atoms with van der Waals surface area (Å²) in [5.74, 6) is 0. The first kappa shape index (κ1) is 8.72. The standard InChI is InChI=1S/C9H16O2/c1-7-8(11-7)9(2,3)5-4-6-10/h6-8H,4-5H2,1-3H3. The number of hydrogen-bond acceptors (Lipinski definition) is 2. The van der Waals surface area contributed by atoms with E-state index >= 15 is 0 Å². The highest BCUT2D eigenvalue weighted by Crippen LogP contribution is 2.40. The first-order valence-electron chi connectivity index (χ1n) is 4.17. The predicted octanol–water partition coefficient (Wildman–Crippen LogP) is 1.78. The summed E-state index contributed by atoms with van der Waals surface area (Å²) in [6.07, 6.45) is 3.35. The van der Waals surface area contributed by atoms with Gasteiger partial charge in [0.15, 0.2) is 0 Å². The Hall–Kier alpha value is -0.370. The molecule has 0 N–H and O–H groups in total. The van der Waals surface area contributed by atoms with Gasteiger partial charge in [-0.05, 0) is 18.8 Å². The lowest BCUT2D eigenvalue weighted by Gasteiger charge is -2.20. The van der Waals surface area contributed by atoms with Crippen LogP contribution in [0.3, 0.4) is 0 Å². The average molecular weight is 156 g/mol. The number of carbonyl (C=O) groups excluding carboxylic acids is 1. The van der Waals surface area contributed by atoms with Crippen molar-refractivity contribution in [3.8, 4) is 0 Å². The van der Waals surface area contributed by atoms with E-state index in [2.05, 4.69) is 20.8 Å². The quantitative estimate of drug-likeness (QED) is 0.458. The summed E-state index contributed by atoms with van der Waals surface area (Å²) < 4.78 is 5.36. The third-order valence-electron chi connectivity index (χ3n) is 2.39. The normalized spacial score (nSPS) is 30.1. The van der Waals surface area contributed by atoms with Gasteiger partial charge < -0.3 is 9.53 Å². The zero-order valence-corrected chi connectivity index (χ0v) is 7.46. The Morgan fingerprint density at radius 1 is 1.55 bits per heavy atom. The van der Waals surface area contributed by atoms with Crippen molar-refractivity contribution in [3.63, 3.8) is 0 Å². The average Bonchev–Trinajstić information content (AvgIpc) is 2.63.